The number of amides is 1. The summed E-state index contributed by atoms with van der Waals surface area (Å²) in [7, 11) is 1.66. The van der Waals surface area contributed by atoms with Crippen molar-refractivity contribution in [3.63, 3.8) is 0 Å². The highest BCUT2D eigenvalue weighted by molar-refractivity contribution is 9.08. The largest absolute Gasteiger partial charge is 0.497 e. The SMILES string of the molecule is CCCCCCCCCCCCCCOc1ccc(OC)cc1CN(C(C)=O)c1cccc(CBr)c1. The third-order valence-electron chi connectivity index (χ3n) is 6.61. The molecule has 4 nitrogen and oxygen atoms in total. The standard InChI is InChI=1S/C31H46BrNO3/c1-4-5-6-7-8-9-10-11-12-13-14-15-21-36-31-20-19-30(35-3)23-28(31)25-33(26(2)34)29-18-16-17-27(22-29)24-32/h16-20,22-23H,4-15,21,24-25H2,1-3H3. The van der Waals surface area contributed by atoms with Crippen LogP contribution in [0.3, 0.4) is 0 Å². The Morgan fingerprint density at radius 3 is 2.08 bits per heavy atom. The van der Waals surface area contributed by atoms with Crippen molar-refractivity contribution >= 4 is 27.5 Å². The fourth-order valence-electron chi connectivity index (χ4n) is 4.43. The molecule has 5 heteroatoms. The molecule has 0 unspecified atom stereocenters. The Balaban J connectivity index is 1.81. The molecule has 0 spiro atoms. The third-order valence-corrected chi connectivity index (χ3v) is 7.26. The molecule has 0 N–H and O–H groups in total. The van der Waals surface area contributed by atoms with Gasteiger partial charge in [-0.05, 0) is 42.3 Å². The van der Waals surface area contributed by atoms with E-state index in [4.69, 9.17) is 9.47 Å². The quantitative estimate of drug-likeness (QED) is 0.127. The summed E-state index contributed by atoms with van der Waals surface area (Å²) in [6.45, 7) is 5.01. The van der Waals surface area contributed by atoms with Crippen LogP contribution >= 0.6 is 15.9 Å². The van der Waals surface area contributed by atoms with Gasteiger partial charge in [-0.1, -0.05) is 106 Å². The predicted octanol–water partition coefficient (Wildman–Crippen LogP) is 9.22. The maximum Gasteiger partial charge on any atom is 0.224 e. The van der Waals surface area contributed by atoms with Crippen molar-refractivity contribution in [1.29, 1.82) is 0 Å². The summed E-state index contributed by atoms with van der Waals surface area (Å²) >= 11 is 3.51. The topological polar surface area (TPSA) is 38.8 Å². The number of hydrogen-bond acceptors (Lipinski definition) is 3. The fraction of sp³-hybridized carbons (Fsp3) is 0.581. The van der Waals surface area contributed by atoms with Crippen LogP contribution in [0, 0.1) is 0 Å². The summed E-state index contributed by atoms with van der Waals surface area (Å²) in [5, 5.41) is 0.749. The Hall–Kier alpha value is -2.01. The van der Waals surface area contributed by atoms with E-state index < -0.39 is 0 Å². The molecular formula is C31H46BrNO3. The molecule has 1 amide bonds. The summed E-state index contributed by atoms with van der Waals surface area (Å²) < 4.78 is 11.6. The number of carbonyl (C=O) groups excluding carboxylic acids is 1. The fourth-order valence-corrected chi connectivity index (χ4v) is 4.78. The van der Waals surface area contributed by atoms with E-state index in [0.717, 1.165) is 40.1 Å². The second-order valence-electron chi connectivity index (χ2n) is 9.62. The number of hydrogen-bond donors (Lipinski definition) is 0. The van der Waals surface area contributed by atoms with E-state index in [1.165, 1.54) is 70.6 Å². The molecule has 0 aromatic heterocycles. The zero-order valence-corrected chi connectivity index (χ0v) is 24.3. The Labute approximate surface area is 227 Å². The number of alkyl halides is 1. The van der Waals surface area contributed by atoms with Gasteiger partial charge in [0.15, 0.2) is 0 Å². The number of unbranched alkanes of at least 4 members (excludes halogenated alkanes) is 11. The molecule has 0 saturated carbocycles. The maximum absolute atomic E-state index is 12.5. The zero-order chi connectivity index (χ0) is 26.0. The lowest BCUT2D eigenvalue weighted by Gasteiger charge is -2.23. The number of ether oxygens (including phenoxy) is 2. The molecule has 0 bridgehead atoms. The van der Waals surface area contributed by atoms with Crippen LogP contribution in [0.5, 0.6) is 11.5 Å². The van der Waals surface area contributed by atoms with E-state index in [9.17, 15) is 4.79 Å². The Kier molecular flexibility index (Phi) is 15.3. The number of anilines is 1. The van der Waals surface area contributed by atoms with Crippen LogP contribution in [0.25, 0.3) is 0 Å². The van der Waals surface area contributed by atoms with Crippen molar-refractivity contribution in [2.24, 2.45) is 0 Å². The van der Waals surface area contributed by atoms with Crippen molar-refractivity contribution in [1.82, 2.24) is 0 Å². The molecule has 2 aromatic rings. The first-order valence-corrected chi connectivity index (χ1v) is 14.9. The van der Waals surface area contributed by atoms with Gasteiger partial charge in [-0.3, -0.25) is 4.79 Å². The lowest BCUT2D eigenvalue weighted by Crippen LogP contribution is -2.28. The number of rotatable bonds is 19. The number of methoxy groups -OCH3 is 1. The van der Waals surface area contributed by atoms with Crippen LogP contribution < -0.4 is 14.4 Å². The van der Waals surface area contributed by atoms with Gasteiger partial charge in [0, 0.05) is 23.5 Å². The van der Waals surface area contributed by atoms with Crippen LogP contribution in [-0.2, 0) is 16.7 Å². The van der Waals surface area contributed by atoms with Gasteiger partial charge in [0.2, 0.25) is 5.91 Å². The average Bonchev–Trinajstić information content (AvgIpc) is 2.90. The van der Waals surface area contributed by atoms with Crippen molar-refractivity contribution < 1.29 is 14.3 Å². The van der Waals surface area contributed by atoms with Gasteiger partial charge in [-0.15, -0.1) is 0 Å². The van der Waals surface area contributed by atoms with E-state index in [1.54, 1.807) is 18.9 Å². The summed E-state index contributed by atoms with van der Waals surface area (Å²) in [6, 6.07) is 13.9. The summed E-state index contributed by atoms with van der Waals surface area (Å²) in [5.41, 5.74) is 2.97. The second kappa shape index (κ2) is 18.3. The molecule has 0 fully saturated rings. The summed E-state index contributed by atoms with van der Waals surface area (Å²) in [6.07, 6.45) is 15.9. The van der Waals surface area contributed by atoms with E-state index in [0.29, 0.717) is 13.2 Å². The van der Waals surface area contributed by atoms with Gasteiger partial charge in [-0.25, -0.2) is 0 Å². The Morgan fingerprint density at radius 2 is 1.50 bits per heavy atom. The highest BCUT2D eigenvalue weighted by Gasteiger charge is 2.16. The molecule has 2 rings (SSSR count). The molecule has 0 saturated heterocycles. The van der Waals surface area contributed by atoms with E-state index >= 15 is 0 Å². The van der Waals surface area contributed by atoms with Crippen molar-refractivity contribution in [2.45, 2.75) is 103 Å². The lowest BCUT2D eigenvalue weighted by atomic mass is 10.1. The molecular weight excluding hydrogens is 514 g/mol. The van der Waals surface area contributed by atoms with Crippen molar-refractivity contribution in [2.75, 3.05) is 18.6 Å². The molecule has 0 aliphatic rings. The minimum atomic E-state index is -0.00329. The Bertz CT molecular complexity index is 886. The van der Waals surface area contributed by atoms with Gasteiger partial charge < -0.3 is 14.4 Å². The van der Waals surface area contributed by atoms with E-state index in [-0.39, 0.29) is 5.91 Å². The molecule has 0 aliphatic heterocycles. The van der Waals surface area contributed by atoms with Gasteiger partial charge in [-0.2, -0.15) is 0 Å². The van der Waals surface area contributed by atoms with Crippen molar-refractivity contribution in [3.05, 3.63) is 53.6 Å². The number of benzene rings is 2. The van der Waals surface area contributed by atoms with Crippen LogP contribution in [0.1, 0.15) is 102 Å². The molecule has 0 atom stereocenters. The summed E-state index contributed by atoms with van der Waals surface area (Å²) in [5.74, 6) is 1.58. The van der Waals surface area contributed by atoms with Crippen LogP contribution in [0.15, 0.2) is 42.5 Å². The van der Waals surface area contributed by atoms with Gasteiger partial charge in [0.25, 0.3) is 0 Å². The first-order valence-electron chi connectivity index (χ1n) is 13.8. The average molecular weight is 561 g/mol. The van der Waals surface area contributed by atoms with Crippen LogP contribution in [0.4, 0.5) is 5.69 Å². The minimum absolute atomic E-state index is 0.00329. The van der Waals surface area contributed by atoms with Gasteiger partial charge in [0.05, 0.1) is 20.3 Å². The maximum atomic E-state index is 12.5. The third kappa shape index (κ3) is 11.4. The zero-order valence-electron chi connectivity index (χ0n) is 22.7. The molecule has 0 aliphatic carbocycles. The van der Waals surface area contributed by atoms with Gasteiger partial charge >= 0.3 is 0 Å². The normalized spacial score (nSPS) is 10.9. The number of carbonyl (C=O) groups is 1. The smallest absolute Gasteiger partial charge is 0.224 e. The minimum Gasteiger partial charge on any atom is -0.497 e. The highest BCUT2D eigenvalue weighted by atomic mass is 79.9. The summed E-state index contributed by atoms with van der Waals surface area (Å²) in [4.78, 5) is 14.3. The lowest BCUT2D eigenvalue weighted by molar-refractivity contribution is -0.116. The monoisotopic (exact) mass is 559 g/mol. The highest BCUT2D eigenvalue weighted by Crippen LogP contribution is 2.29. The molecule has 0 radical (unpaired) electrons. The Morgan fingerprint density at radius 1 is 0.861 bits per heavy atom. The first kappa shape index (κ1) is 30.2. The van der Waals surface area contributed by atoms with Crippen LogP contribution in [-0.4, -0.2) is 19.6 Å². The van der Waals surface area contributed by atoms with Crippen molar-refractivity contribution in [3.8, 4) is 11.5 Å². The van der Waals surface area contributed by atoms with Gasteiger partial charge in [0.1, 0.15) is 11.5 Å². The molecule has 36 heavy (non-hydrogen) atoms. The number of halogens is 1. The van der Waals surface area contributed by atoms with E-state index in [1.807, 2.05) is 42.5 Å². The molecule has 2 aromatic carbocycles. The second-order valence-corrected chi connectivity index (χ2v) is 10.2. The number of nitrogens with zero attached hydrogens (tertiary/aromatic N) is 1. The first-order chi connectivity index (χ1) is 17.6. The van der Waals surface area contributed by atoms with Crippen LogP contribution in [0.2, 0.25) is 0 Å². The molecule has 0 heterocycles. The predicted molar refractivity (Wildman–Crippen MR) is 156 cm³/mol. The van der Waals surface area contributed by atoms with E-state index in [2.05, 4.69) is 22.9 Å². The molecule has 200 valence electrons.